The molecule has 304 valence electrons. The van der Waals surface area contributed by atoms with E-state index in [4.69, 9.17) is 14.2 Å². The third kappa shape index (κ3) is 40.1. The van der Waals surface area contributed by atoms with Gasteiger partial charge in [-0.25, -0.2) is 0 Å². The standard InChI is InChI=1S/C47H80O6/c1-4-7-10-13-16-19-21-23-24-26-28-31-34-37-40-46(49)52-43-44(42-51-45(48)39-36-33-30-27-18-15-12-9-6-3)53-47(50)41-38-35-32-29-25-22-20-17-14-11-8-5-2/h7-8,10-11,16-17,19-20,27,30,44H,4-6,9,12-15,18,21-26,28-29,31-43H2,1-3H3/b10-7-,11-8-,19-16-,20-17-,30-27-. The first-order valence-corrected chi connectivity index (χ1v) is 21.8. The van der Waals surface area contributed by atoms with Gasteiger partial charge in [0.25, 0.3) is 0 Å². The number of esters is 3. The number of unbranched alkanes of at least 4 members (excludes halogenated alkanes) is 17. The van der Waals surface area contributed by atoms with Crippen LogP contribution in [0.15, 0.2) is 60.8 Å². The van der Waals surface area contributed by atoms with Gasteiger partial charge in [0, 0.05) is 19.3 Å². The molecule has 0 aliphatic rings. The molecule has 6 heteroatoms. The monoisotopic (exact) mass is 741 g/mol. The van der Waals surface area contributed by atoms with E-state index in [-0.39, 0.29) is 31.1 Å². The van der Waals surface area contributed by atoms with Crippen LogP contribution < -0.4 is 0 Å². The minimum atomic E-state index is -0.792. The maximum Gasteiger partial charge on any atom is 0.306 e. The Morgan fingerprint density at radius 1 is 0.396 bits per heavy atom. The number of carbonyl (C=O) groups excluding carboxylic acids is 3. The molecule has 0 bridgehead atoms. The molecule has 0 heterocycles. The lowest BCUT2D eigenvalue weighted by atomic mass is 10.1. The first-order valence-electron chi connectivity index (χ1n) is 21.8. The third-order valence-corrected chi connectivity index (χ3v) is 8.99. The summed E-state index contributed by atoms with van der Waals surface area (Å²) >= 11 is 0. The second-order valence-corrected chi connectivity index (χ2v) is 14.2. The van der Waals surface area contributed by atoms with Gasteiger partial charge in [-0.1, -0.05) is 152 Å². The van der Waals surface area contributed by atoms with E-state index < -0.39 is 6.10 Å². The van der Waals surface area contributed by atoms with Gasteiger partial charge in [-0.3, -0.25) is 14.4 Å². The van der Waals surface area contributed by atoms with Crippen molar-refractivity contribution in [1.29, 1.82) is 0 Å². The lowest BCUT2D eigenvalue weighted by Gasteiger charge is -2.18. The van der Waals surface area contributed by atoms with Gasteiger partial charge in [-0.15, -0.1) is 0 Å². The summed E-state index contributed by atoms with van der Waals surface area (Å²) < 4.78 is 16.6. The number of rotatable bonds is 38. The van der Waals surface area contributed by atoms with E-state index >= 15 is 0 Å². The molecule has 0 N–H and O–H groups in total. The van der Waals surface area contributed by atoms with Crippen LogP contribution in [0.4, 0.5) is 0 Å². The van der Waals surface area contributed by atoms with Crippen molar-refractivity contribution >= 4 is 17.9 Å². The predicted octanol–water partition coefficient (Wildman–Crippen LogP) is 13.7. The Morgan fingerprint density at radius 3 is 1.23 bits per heavy atom. The molecule has 0 aromatic carbocycles. The van der Waals surface area contributed by atoms with Gasteiger partial charge in [0.15, 0.2) is 6.10 Å². The fraction of sp³-hybridized carbons (Fsp3) is 0.723. The Balaban J connectivity index is 4.41. The minimum Gasteiger partial charge on any atom is -0.462 e. The van der Waals surface area contributed by atoms with Crippen LogP contribution in [0.25, 0.3) is 0 Å². The molecule has 6 nitrogen and oxygen atoms in total. The van der Waals surface area contributed by atoms with Crippen molar-refractivity contribution in [2.75, 3.05) is 13.2 Å². The van der Waals surface area contributed by atoms with Crippen molar-refractivity contribution < 1.29 is 28.6 Å². The molecule has 0 aromatic heterocycles. The van der Waals surface area contributed by atoms with Gasteiger partial charge in [0.05, 0.1) is 0 Å². The highest BCUT2D eigenvalue weighted by atomic mass is 16.6. The van der Waals surface area contributed by atoms with Gasteiger partial charge in [-0.05, 0) is 89.9 Å². The average molecular weight is 741 g/mol. The quantitative estimate of drug-likeness (QED) is 0.0271. The molecule has 0 aliphatic carbocycles. The molecule has 53 heavy (non-hydrogen) atoms. The van der Waals surface area contributed by atoms with Crippen LogP contribution in [0.5, 0.6) is 0 Å². The Morgan fingerprint density at radius 2 is 0.755 bits per heavy atom. The van der Waals surface area contributed by atoms with E-state index in [9.17, 15) is 14.4 Å². The van der Waals surface area contributed by atoms with Crippen LogP contribution in [0.1, 0.15) is 201 Å². The van der Waals surface area contributed by atoms with Gasteiger partial charge < -0.3 is 14.2 Å². The van der Waals surface area contributed by atoms with E-state index in [0.29, 0.717) is 25.7 Å². The summed E-state index contributed by atoms with van der Waals surface area (Å²) in [6.07, 6.45) is 49.3. The Kier molecular flexibility index (Phi) is 39.6. The molecule has 1 unspecified atom stereocenters. The summed E-state index contributed by atoms with van der Waals surface area (Å²) in [6, 6.07) is 0. The summed E-state index contributed by atoms with van der Waals surface area (Å²) in [5.74, 6) is -0.960. The second kappa shape index (κ2) is 41.9. The SMILES string of the molecule is CC/C=C\C/C=C\CCCCCCCCCC(=O)OCC(COC(=O)CCC/C=C\CCCCCC)OC(=O)CCCCCCC/C=C\C/C=C\CC. The zero-order chi connectivity index (χ0) is 38.7. The van der Waals surface area contributed by atoms with Crippen molar-refractivity contribution in [2.24, 2.45) is 0 Å². The zero-order valence-corrected chi connectivity index (χ0v) is 34.5. The molecule has 0 aliphatic heterocycles. The van der Waals surface area contributed by atoms with Crippen LogP contribution >= 0.6 is 0 Å². The van der Waals surface area contributed by atoms with Gasteiger partial charge >= 0.3 is 17.9 Å². The van der Waals surface area contributed by atoms with E-state index in [1.54, 1.807) is 0 Å². The van der Waals surface area contributed by atoms with Crippen molar-refractivity contribution in [3.8, 4) is 0 Å². The first kappa shape index (κ1) is 50.1. The van der Waals surface area contributed by atoms with Crippen molar-refractivity contribution in [3.05, 3.63) is 60.8 Å². The predicted molar refractivity (Wildman–Crippen MR) is 224 cm³/mol. The Hall–Kier alpha value is -2.89. The highest BCUT2D eigenvalue weighted by Crippen LogP contribution is 2.13. The average Bonchev–Trinajstić information content (AvgIpc) is 3.15. The molecule has 0 saturated carbocycles. The summed E-state index contributed by atoms with van der Waals surface area (Å²) in [7, 11) is 0. The number of hydrogen-bond donors (Lipinski definition) is 0. The van der Waals surface area contributed by atoms with Crippen LogP contribution in [-0.4, -0.2) is 37.2 Å². The number of ether oxygens (including phenoxy) is 3. The summed E-state index contributed by atoms with van der Waals surface area (Å²) in [4.78, 5) is 37.6. The zero-order valence-electron chi connectivity index (χ0n) is 34.5. The maximum absolute atomic E-state index is 12.7. The highest BCUT2D eigenvalue weighted by molar-refractivity contribution is 5.71. The molecular weight excluding hydrogens is 661 g/mol. The molecule has 0 amide bonds. The summed E-state index contributed by atoms with van der Waals surface area (Å²) in [6.45, 7) is 6.32. The number of hydrogen-bond acceptors (Lipinski definition) is 6. The number of carbonyl (C=O) groups is 3. The third-order valence-electron chi connectivity index (χ3n) is 8.99. The Bertz CT molecular complexity index is 991. The molecule has 0 radical (unpaired) electrons. The van der Waals surface area contributed by atoms with Crippen LogP contribution in [0.2, 0.25) is 0 Å². The Labute approximate surface area is 326 Å². The van der Waals surface area contributed by atoms with Gasteiger partial charge in [0.2, 0.25) is 0 Å². The fourth-order valence-electron chi connectivity index (χ4n) is 5.75. The van der Waals surface area contributed by atoms with Crippen LogP contribution in [0.3, 0.4) is 0 Å². The van der Waals surface area contributed by atoms with Crippen molar-refractivity contribution in [2.45, 2.75) is 207 Å². The van der Waals surface area contributed by atoms with Crippen LogP contribution in [-0.2, 0) is 28.6 Å². The number of allylic oxidation sites excluding steroid dienone is 10. The lowest BCUT2D eigenvalue weighted by molar-refractivity contribution is -0.167. The van der Waals surface area contributed by atoms with Crippen LogP contribution in [0, 0.1) is 0 Å². The van der Waals surface area contributed by atoms with Gasteiger partial charge in [0.1, 0.15) is 13.2 Å². The maximum atomic E-state index is 12.7. The molecule has 0 rings (SSSR count). The van der Waals surface area contributed by atoms with E-state index in [0.717, 1.165) is 103 Å². The van der Waals surface area contributed by atoms with Crippen molar-refractivity contribution in [1.82, 2.24) is 0 Å². The molecule has 0 fully saturated rings. The largest absolute Gasteiger partial charge is 0.462 e. The van der Waals surface area contributed by atoms with E-state index in [1.807, 2.05) is 0 Å². The van der Waals surface area contributed by atoms with Crippen molar-refractivity contribution in [3.63, 3.8) is 0 Å². The molecule has 1 atom stereocenters. The molecule has 0 aromatic rings. The molecule has 0 saturated heterocycles. The smallest absolute Gasteiger partial charge is 0.306 e. The normalized spacial score (nSPS) is 12.6. The first-order chi connectivity index (χ1) is 26.0. The topological polar surface area (TPSA) is 78.9 Å². The van der Waals surface area contributed by atoms with Gasteiger partial charge in [-0.2, -0.15) is 0 Å². The highest BCUT2D eigenvalue weighted by Gasteiger charge is 2.19. The summed E-state index contributed by atoms with van der Waals surface area (Å²) in [5, 5.41) is 0. The minimum absolute atomic E-state index is 0.0935. The second-order valence-electron chi connectivity index (χ2n) is 14.2. The molecule has 0 spiro atoms. The lowest BCUT2D eigenvalue weighted by Crippen LogP contribution is -2.30. The van der Waals surface area contributed by atoms with E-state index in [1.165, 1.54) is 51.4 Å². The summed E-state index contributed by atoms with van der Waals surface area (Å²) in [5.41, 5.74) is 0. The fourth-order valence-corrected chi connectivity index (χ4v) is 5.75. The molecular formula is C47H80O6. The van der Waals surface area contributed by atoms with E-state index in [2.05, 4.69) is 81.5 Å².